The monoisotopic (exact) mass is 761 g/mol. The first-order chi connectivity index (χ1) is 19.6. The molecule has 3 nitrogen and oxygen atoms in total. The van der Waals surface area contributed by atoms with Crippen molar-refractivity contribution in [3.05, 3.63) is 89.3 Å². The summed E-state index contributed by atoms with van der Waals surface area (Å²) in [6.45, 7) is 16.7. The van der Waals surface area contributed by atoms with Crippen molar-refractivity contribution in [3.8, 4) is 21.7 Å². The second-order valence-corrected chi connectivity index (χ2v) is 12.3. The van der Waals surface area contributed by atoms with Crippen LogP contribution in [0.1, 0.15) is 89.8 Å². The van der Waals surface area contributed by atoms with Gasteiger partial charge in [0, 0.05) is 49.1 Å². The number of ketones is 1. The third-order valence-corrected chi connectivity index (χ3v) is 8.91. The molecule has 0 amide bonds. The number of benzene rings is 2. The van der Waals surface area contributed by atoms with Crippen molar-refractivity contribution in [1.82, 2.24) is 4.98 Å². The van der Waals surface area contributed by atoms with Gasteiger partial charge in [-0.25, -0.2) is 0 Å². The molecular formula is C37H46IrNO2S-. The topological polar surface area (TPSA) is 50.2 Å². The van der Waals surface area contributed by atoms with Crippen LogP contribution in [-0.2, 0) is 24.9 Å². The summed E-state index contributed by atoms with van der Waals surface area (Å²) in [7, 11) is 0. The number of aliphatic hydroxyl groups is 1. The predicted octanol–water partition coefficient (Wildman–Crippen LogP) is 11.0. The van der Waals surface area contributed by atoms with Crippen LogP contribution in [0.15, 0.2) is 66.6 Å². The molecule has 1 radical (unpaired) electrons. The van der Waals surface area contributed by atoms with Crippen molar-refractivity contribution in [1.29, 1.82) is 0 Å². The van der Waals surface area contributed by atoms with E-state index < -0.39 is 0 Å². The molecule has 2 aromatic carbocycles. The second-order valence-electron chi connectivity index (χ2n) is 11.2. The maximum Gasteiger partial charge on any atom is 0.162 e. The van der Waals surface area contributed by atoms with Gasteiger partial charge in [-0.3, -0.25) is 4.79 Å². The van der Waals surface area contributed by atoms with Gasteiger partial charge >= 0.3 is 0 Å². The standard InChI is InChI=1S/C24H22NS.C13H24O2.Ir/c1-15(2)18-5-7-19(8-6-18)23-13-21-12-22(25-14-24(21)26-23)20-10-16(3)9-17(4)11-20;1-5-10(6-2)12(14)9-13(15)11(7-3)8-4;/h5-10,12-15H,1-4H3;9-11,14H,5-8H2,1-4H3;/q-1;;/b;12-9-;. The molecule has 4 aromatic rings. The van der Waals surface area contributed by atoms with Crippen molar-refractivity contribution >= 4 is 27.2 Å². The molecule has 0 atom stereocenters. The quantitative estimate of drug-likeness (QED) is 0.0995. The van der Waals surface area contributed by atoms with Gasteiger partial charge < -0.3 is 10.1 Å². The molecule has 0 bridgehead atoms. The smallest absolute Gasteiger partial charge is 0.162 e. The summed E-state index contributed by atoms with van der Waals surface area (Å²) in [4.78, 5) is 17.7. The molecular weight excluding hydrogens is 715 g/mol. The van der Waals surface area contributed by atoms with E-state index in [0.29, 0.717) is 5.92 Å². The van der Waals surface area contributed by atoms with E-state index in [2.05, 4.69) is 87.3 Å². The molecule has 0 fully saturated rings. The average molecular weight is 761 g/mol. The van der Waals surface area contributed by atoms with Crippen LogP contribution in [0.4, 0.5) is 0 Å². The number of aryl methyl sites for hydroxylation is 2. The molecule has 2 aromatic heterocycles. The van der Waals surface area contributed by atoms with Crippen LogP contribution in [-0.4, -0.2) is 15.9 Å². The maximum absolute atomic E-state index is 11.7. The Balaban J connectivity index is 0.000000334. The molecule has 0 spiro atoms. The average Bonchev–Trinajstić information content (AvgIpc) is 3.38. The number of hydrogen-bond acceptors (Lipinski definition) is 4. The van der Waals surface area contributed by atoms with Gasteiger partial charge in [0.2, 0.25) is 0 Å². The van der Waals surface area contributed by atoms with Crippen LogP contribution in [0.2, 0.25) is 0 Å². The van der Waals surface area contributed by atoms with Crippen molar-refractivity contribution in [2.45, 2.75) is 87.0 Å². The van der Waals surface area contributed by atoms with Crippen molar-refractivity contribution in [2.75, 3.05) is 0 Å². The van der Waals surface area contributed by atoms with Crippen molar-refractivity contribution in [2.24, 2.45) is 11.8 Å². The second kappa shape index (κ2) is 16.9. The number of aliphatic hydroxyl groups excluding tert-OH is 1. The van der Waals surface area contributed by atoms with Crippen LogP contribution in [0, 0.1) is 31.7 Å². The Hall–Kier alpha value is -2.59. The van der Waals surface area contributed by atoms with E-state index in [0.717, 1.165) is 42.5 Å². The Morgan fingerprint density at radius 1 is 0.929 bits per heavy atom. The van der Waals surface area contributed by atoms with Crippen LogP contribution in [0.3, 0.4) is 0 Å². The Morgan fingerprint density at radius 2 is 1.55 bits per heavy atom. The molecule has 0 saturated heterocycles. The van der Waals surface area contributed by atoms with Crippen molar-refractivity contribution < 1.29 is 30.0 Å². The van der Waals surface area contributed by atoms with E-state index in [1.165, 1.54) is 37.7 Å². The number of aromatic nitrogens is 1. The van der Waals surface area contributed by atoms with Crippen LogP contribution >= 0.6 is 11.3 Å². The van der Waals surface area contributed by atoms with E-state index in [4.69, 9.17) is 0 Å². The minimum absolute atomic E-state index is 0. The van der Waals surface area contributed by atoms with Crippen LogP contribution in [0.25, 0.3) is 31.8 Å². The van der Waals surface area contributed by atoms with Gasteiger partial charge in [0.15, 0.2) is 5.78 Å². The summed E-state index contributed by atoms with van der Waals surface area (Å²) in [6, 6.07) is 21.1. The number of pyridine rings is 1. The van der Waals surface area contributed by atoms with Gasteiger partial charge in [0.1, 0.15) is 0 Å². The maximum atomic E-state index is 11.7. The summed E-state index contributed by atoms with van der Waals surface area (Å²) in [5.74, 6) is 1.11. The molecule has 0 aliphatic carbocycles. The minimum Gasteiger partial charge on any atom is -0.512 e. The van der Waals surface area contributed by atoms with Gasteiger partial charge in [0.25, 0.3) is 0 Å². The van der Waals surface area contributed by atoms with Crippen LogP contribution in [0.5, 0.6) is 0 Å². The molecule has 1 N–H and O–H groups in total. The number of thiophene rings is 1. The van der Waals surface area contributed by atoms with E-state index in [1.54, 1.807) is 11.3 Å². The summed E-state index contributed by atoms with van der Waals surface area (Å²) in [5.41, 5.74) is 7.11. The Bertz CT molecular complexity index is 1440. The number of rotatable bonds is 10. The van der Waals surface area contributed by atoms with Gasteiger partial charge in [-0.05, 0) is 59.9 Å². The summed E-state index contributed by atoms with van der Waals surface area (Å²) >= 11 is 1.80. The van der Waals surface area contributed by atoms with Gasteiger partial charge in [-0.1, -0.05) is 85.7 Å². The molecule has 0 unspecified atom stereocenters. The molecule has 0 saturated carbocycles. The normalized spacial score (nSPS) is 11.5. The Labute approximate surface area is 270 Å². The van der Waals surface area contributed by atoms with E-state index in [1.807, 2.05) is 33.9 Å². The summed E-state index contributed by atoms with van der Waals surface area (Å²) in [6.07, 6.45) is 6.90. The Kier molecular flexibility index (Phi) is 14.3. The number of nitrogens with zero attached hydrogens (tertiary/aromatic N) is 1. The molecule has 227 valence electrons. The van der Waals surface area contributed by atoms with Crippen LogP contribution < -0.4 is 0 Å². The van der Waals surface area contributed by atoms with Gasteiger partial charge in [-0.15, -0.1) is 46.2 Å². The minimum atomic E-state index is 0. The molecule has 0 aliphatic rings. The zero-order chi connectivity index (χ0) is 30.1. The van der Waals surface area contributed by atoms with E-state index in [-0.39, 0.29) is 43.5 Å². The van der Waals surface area contributed by atoms with Gasteiger partial charge in [0.05, 0.1) is 10.5 Å². The zero-order valence-electron chi connectivity index (χ0n) is 26.4. The molecule has 42 heavy (non-hydrogen) atoms. The number of carbonyl (C=O) groups is 1. The fourth-order valence-corrected chi connectivity index (χ4v) is 6.10. The third kappa shape index (κ3) is 9.46. The van der Waals surface area contributed by atoms with E-state index in [9.17, 15) is 9.90 Å². The summed E-state index contributed by atoms with van der Waals surface area (Å²) < 4.78 is 1.22. The SMILES string of the molecule is CCC(CC)C(=O)/C=C(\O)C(CC)CC.Cc1[c-]c(-c2cc3cc(-c4ccc(C(C)C)cc4)sc3cn2)cc(C)c1.[Ir]. The number of fused-ring (bicyclic) bond motifs is 1. The predicted molar refractivity (Wildman–Crippen MR) is 177 cm³/mol. The number of hydrogen-bond donors (Lipinski definition) is 1. The molecule has 2 heterocycles. The van der Waals surface area contributed by atoms with Crippen molar-refractivity contribution in [3.63, 3.8) is 0 Å². The fourth-order valence-electron chi connectivity index (χ4n) is 5.08. The molecule has 4 rings (SSSR count). The zero-order valence-corrected chi connectivity index (χ0v) is 29.6. The largest absolute Gasteiger partial charge is 0.512 e. The fraction of sp³-hybridized carbons (Fsp3) is 0.405. The summed E-state index contributed by atoms with van der Waals surface area (Å²) in [5, 5.41) is 11.0. The Morgan fingerprint density at radius 3 is 2.10 bits per heavy atom. The third-order valence-electron chi connectivity index (χ3n) is 7.77. The van der Waals surface area contributed by atoms with Gasteiger partial charge in [-0.2, -0.15) is 0 Å². The number of carbonyl (C=O) groups excluding carboxylic acids is 1. The van der Waals surface area contributed by atoms with E-state index >= 15 is 0 Å². The molecule has 5 heteroatoms. The first kappa shape index (κ1) is 35.6. The number of allylic oxidation sites excluding steroid dienone is 2. The first-order valence-electron chi connectivity index (χ1n) is 15.0. The molecule has 0 aliphatic heterocycles. The first-order valence-corrected chi connectivity index (χ1v) is 15.9.